The number of carbonyl (C=O) groups is 2. The van der Waals surface area contributed by atoms with Crippen LogP contribution < -0.4 is 5.32 Å². The number of benzene rings is 1. The highest BCUT2D eigenvalue weighted by Gasteiger charge is 2.24. The first-order valence-corrected chi connectivity index (χ1v) is 11.3. The van der Waals surface area contributed by atoms with Gasteiger partial charge in [-0.15, -0.1) is 0 Å². The van der Waals surface area contributed by atoms with Crippen LogP contribution in [0.25, 0.3) is 11.0 Å². The van der Waals surface area contributed by atoms with Gasteiger partial charge in [0, 0.05) is 18.3 Å². The van der Waals surface area contributed by atoms with Gasteiger partial charge in [-0.05, 0) is 44.9 Å². The number of pyridine rings is 1. The van der Waals surface area contributed by atoms with E-state index in [0.717, 1.165) is 5.69 Å². The molecule has 0 spiro atoms. The predicted molar refractivity (Wildman–Crippen MR) is 129 cm³/mol. The highest BCUT2D eigenvalue weighted by atomic mass is 35.5. The van der Waals surface area contributed by atoms with Crippen molar-refractivity contribution in [2.24, 2.45) is 0 Å². The molecule has 170 valence electrons. The van der Waals surface area contributed by atoms with Gasteiger partial charge < -0.3 is 10.2 Å². The summed E-state index contributed by atoms with van der Waals surface area (Å²) in [5.41, 5.74) is 2.27. The van der Waals surface area contributed by atoms with Crippen LogP contribution in [-0.2, 0) is 4.79 Å². The second-order valence-corrected chi connectivity index (χ2v) is 8.95. The molecule has 0 aliphatic carbocycles. The van der Waals surface area contributed by atoms with Gasteiger partial charge in [-0.25, -0.2) is 9.67 Å². The summed E-state index contributed by atoms with van der Waals surface area (Å²) in [6.45, 7) is 10.1. The third kappa shape index (κ3) is 4.89. The number of nitrogens with zero attached hydrogens (tertiary/aromatic N) is 4. The molecule has 2 aromatic heterocycles. The average molecular weight is 476 g/mol. The molecule has 32 heavy (non-hydrogen) atoms. The minimum Gasteiger partial charge on any atom is -0.330 e. The smallest absolute Gasteiger partial charge is 0.255 e. The number of halogens is 2. The molecule has 2 heterocycles. The minimum absolute atomic E-state index is 0.0961. The van der Waals surface area contributed by atoms with Gasteiger partial charge in [0.15, 0.2) is 5.65 Å². The van der Waals surface area contributed by atoms with Crippen molar-refractivity contribution >= 4 is 51.7 Å². The van der Waals surface area contributed by atoms with E-state index in [9.17, 15) is 9.59 Å². The van der Waals surface area contributed by atoms with E-state index in [4.69, 9.17) is 28.2 Å². The number of likely N-dealkylation sites (N-methyl/N-ethyl adjacent to an activating group) is 1. The van der Waals surface area contributed by atoms with Crippen molar-refractivity contribution < 1.29 is 9.59 Å². The lowest BCUT2D eigenvalue weighted by Crippen LogP contribution is -2.38. The van der Waals surface area contributed by atoms with Gasteiger partial charge in [0.1, 0.15) is 6.54 Å². The Kier molecular flexibility index (Phi) is 7.41. The Morgan fingerprint density at radius 3 is 2.38 bits per heavy atom. The van der Waals surface area contributed by atoms with E-state index in [1.807, 2.05) is 34.6 Å². The van der Waals surface area contributed by atoms with Gasteiger partial charge in [-0.3, -0.25) is 9.59 Å². The summed E-state index contributed by atoms with van der Waals surface area (Å²) in [6, 6.07) is 6.87. The first-order chi connectivity index (χ1) is 15.1. The lowest BCUT2D eigenvalue weighted by molar-refractivity contribution is -0.116. The van der Waals surface area contributed by atoms with E-state index < -0.39 is 0 Å². The molecule has 1 aromatic carbocycles. The van der Waals surface area contributed by atoms with Crippen LogP contribution in [0.3, 0.4) is 0 Å². The zero-order valence-corrected chi connectivity index (χ0v) is 20.3. The van der Waals surface area contributed by atoms with Crippen molar-refractivity contribution in [3.05, 3.63) is 51.8 Å². The maximum atomic E-state index is 13.5. The Morgan fingerprint density at radius 2 is 1.81 bits per heavy atom. The molecule has 0 radical (unpaired) electrons. The SMILES string of the molecule is CCN(CC(=O)Nc1c(Cl)cccc1Cl)C(=O)c1cc(C(C)C)nc2c1cnn2C(C)C. The van der Waals surface area contributed by atoms with E-state index in [2.05, 4.69) is 10.4 Å². The number of anilines is 1. The van der Waals surface area contributed by atoms with Gasteiger partial charge >= 0.3 is 0 Å². The van der Waals surface area contributed by atoms with E-state index in [0.29, 0.717) is 38.9 Å². The number of amides is 2. The molecule has 3 aromatic rings. The molecule has 0 bridgehead atoms. The van der Waals surface area contributed by atoms with Crippen molar-refractivity contribution in [3.63, 3.8) is 0 Å². The lowest BCUT2D eigenvalue weighted by atomic mass is 10.0. The largest absolute Gasteiger partial charge is 0.330 e. The van der Waals surface area contributed by atoms with Crippen molar-refractivity contribution in [1.82, 2.24) is 19.7 Å². The molecule has 3 rings (SSSR count). The molecule has 0 saturated carbocycles. The van der Waals surface area contributed by atoms with Crippen LogP contribution in [0.4, 0.5) is 5.69 Å². The molecule has 0 atom stereocenters. The van der Waals surface area contributed by atoms with Crippen LogP contribution in [0.2, 0.25) is 10.0 Å². The van der Waals surface area contributed by atoms with Crippen molar-refractivity contribution in [1.29, 1.82) is 0 Å². The summed E-state index contributed by atoms with van der Waals surface area (Å²) in [5.74, 6) is -0.518. The third-order valence-electron chi connectivity index (χ3n) is 5.13. The van der Waals surface area contributed by atoms with Crippen LogP contribution in [0.1, 0.15) is 62.6 Å². The number of hydrogen-bond donors (Lipinski definition) is 1. The summed E-state index contributed by atoms with van der Waals surface area (Å²) >= 11 is 12.3. The number of nitrogens with one attached hydrogen (secondary N) is 1. The maximum Gasteiger partial charge on any atom is 0.255 e. The van der Waals surface area contributed by atoms with Crippen LogP contribution >= 0.6 is 23.2 Å². The summed E-state index contributed by atoms with van der Waals surface area (Å²) in [6.07, 6.45) is 1.66. The molecule has 7 nitrogen and oxygen atoms in total. The van der Waals surface area contributed by atoms with Crippen LogP contribution in [-0.4, -0.2) is 44.6 Å². The first kappa shape index (κ1) is 24.0. The number of para-hydroxylation sites is 1. The molecule has 9 heteroatoms. The molecular weight excluding hydrogens is 449 g/mol. The monoisotopic (exact) mass is 475 g/mol. The second-order valence-electron chi connectivity index (χ2n) is 8.13. The fraction of sp³-hybridized carbons (Fsp3) is 0.391. The number of aromatic nitrogens is 3. The zero-order chi connectivity index (χ0) is 23.6. The molecular formula is C23H27Cl2N5O2. The Bertz CT molecular complexity index is 1140. The van der Waals surface area contributed by atoms with E-state index in [-0.39, 0.29) is 30.3 Å². The second kappa shape index (κ2) is 9.88. The molecule has 0 unspecified atom stereocenters. The summed E-state index contributed by atoms with van der Waals surface area (Å²) < 4.78 is 1.81. The number of carbonyl (C=O) groups excluding carboxylic acids is 2. The number of rotatable bonds is 7. The van der Waals surface area contributed by atoms with Crippen LogP contribution in [0.5, 0.6) is 0 Å². The van der Waals surface area contributed by atoms with Gasteiger partial charge in [-0.2, -0.15) is 5.10 Å². The standard InChI is InChI=1S/C23H27Cl2N5O2/c1-6-29(12-20(31)28-21-17(24)8-7-9-18(21)25)23(32)15-10-19(13(2)3)27-22-16(15)11-26-30(22)14(4)5/h7-11,13-14H,6,12H2,1-5H3,(H,28,31). The lowest BCUT2D eigenvalue weighted by Gasteiger charge is -2.22. The van der Waals surface area contributed by atoms with Crippen LogP contribution in [0, 0.1) is 0 Å². The Balaban J connectivity index is 1.93. The highest BCUT2D eigenvalue weighted by molar-refractivity contribution is 6.39. The molecule has 0 saturated heterocycles. The Labute approximate surface area is 197 Å². The van der Waals surface area contributed by atoms with Gasteiger partial charge in [0.2, 0.25) is 5.91 Å². The maximum absolute atomic E-state index is 13.5. The normalized spacial score (nSPS) is 11.4. The topological polar surface area (TPSA) is 80.1 Å². The van der Waals surface area contributed by atoms with Gasteiger partial charge in [0.05, 0.1) is 32.9 Å². The van der Waals surface area contributed by atoms with Gasteiger partial charge in [-0.1, -0.05) is 43.1 Å². The van der Waals surface area contributed by atoms with Crippen molar-refractivity contribution in [2.75, 3.05) is 18.4 Å². The zero-order valence-electron chi connectivity index (χ0n) is 18.8. The fourth-order valence-corrected chi connectivity index (χ4v) is 3.85. The summed E-state index contributed by atoms with van der Waals surface area (Å²) in [4.78, 5) is 32.4. The first-order valence-electron chi connectivity index (χ1n) is 10.5. The molecule has 0 aliphatic rings. The van der Waals surface area contributed by atoms with Crippen LogP contribution in [0.15, 0.2) is 30.5 Å². The van der Waals surface area contributed by atoms with E-state index in [1.54, 1.807) is 35.1 Å². The van der Waals surface area contributed by atoms with E-state index in [1.165, 1.54) is 4.90 Å². The average Bonchev–Trinajstić information content (AvgIpc) is 3.18. The molecule has 1 N–H and O–H groups in total. The van der Waals surface area contributed by atoms with Crippen molar-refractivity contribution in [2.45, 2.75) is 46.6 Å². The third-order valence-corrected chi connectivity index (χ3v) is 5.76. The minimum atomic E-state index is -0.387. The Hall–Kier alpha value is -2.64. The van der Waals surface area contributed by atoms with E-state index >= 15 is 0 Å². The molecule has 0 aliphatic heterocycles. The van der Waals surface area contributed by atoms with Gasteiger partial charge in [0.25, 0.3) is 5.91 Å². The highest BCUT2D eigenvalue weighted by Crippen LogP contribution is 2.30. The number of fused-ring (bicyclic) bond motifs is 1. The quantitative estimate of drug-likeness (QED) is 0.485. The summed E-state index contributed by atoms with van der Waals surface area (Å²) in [5, 5.41) is 8.48. The predicted octanol–water partition coefficient (Wildman–Crippen LogP) is 5.54. The Morgan fingerprint density at radius 1 is 1.16 bits per heavy atom. The number of hydrogen-bond acceptors (Lipinski definition) is 4. The summed E-state index contributed by atoms with van der Waals surface area (Å²) in [7, 11) is 0. The molecule has 0 fully saturated rings. The fourth-order valence-electron chi connectivity index (χ4n) is 3.36. The molecule has 2 amide bonds. The van der Waals surface area contributed by atoms with Crippen molar-refractivity contribution in [3.8, 4) is 0 Å².